The molecule has 5 nitrogen and oxygen atoms in total. The number of amides is 2. The number of fused-ring (bicyclic) bond motifs is 1. The third-order valence-electron chi connectivity index (χ3n) is 4.75. The quantitative estimate of drug-likeness (QED) is 0.547. The first-order chi connectivity index (χ1) is 14.0. The number of aryl methyl sites for hydroxylation is 1. The Bertz CT molecular complexity index is 939. The van der Waals surface area contributed by atoms with Crippen LogP contribution in [0, 0.1) is 6.92 Å². The van der Waals surface area contributed by atoms with Crippen LogP contribution in [0.2, 0.25) is 0 Å². The summed E-state index contributed by atoms with van der Waals surface area (Å²) in [5.41, 5.74) is 3.46. The summed E-state index contributed by atoms with van der Waals surface area (Å²) in [6, 6.07) is 13.5. The average Bonchev–Trinajstić information content (AvgIpc) is 2.73. The maximum atomic E-state index is 12.9. The monoisotopic (exact) mass is 410 g/mol. The van der Waals surface area contributed by atoms with Crippen LogP contribution in [-0.4, -0.2) is 38.6 Å². The third kappa shape index (κ3) is 5.08. The number of rotatable bonds is 7. The van der Waals surface area contributed by atoms with Crippen molar-refractivity contribution in [2.75, 3.05) is 31.7 Å². The van der Waals surface area contributed by atoms with E-state index < -0.39 is 0 Å². The molecule has 0 aromatic heterocycles. The lowest BCUT2D eigenvalue weighted by molar-refractivity contribution is -0.114. The third-order valence-corrected chi connectivity index (χ3v) is 5.83. The number of hydrogen-bond donors (Lipinski definition) is 1. The molecule has 2 aromatic carbocycles. The topological polar surface area (TPSA) is 58.6 Å². The van der Waals surface area contributed by atoms with Crippen molar-refractivity contribution in [2.24, 2.45) is 0 Å². The SMILES string of the molecule is CCOCCCNC(=O)c1ccc2c(c1)N(C)C(=O)/C(=C/c1ccccc1C)S2. The van der Waals surface area contributed by atoms with Gasteiger partial charge in [-0.05, 0) is 55.7 Å². The Morgan fingerprint density at radius 3 is 2.79 bits per heavy atom. The number of nitrogens with one attached hydrogen (secondary N) is 1. The van der Waals surface area contributed by atoms with E-state index >= 15 is 0 Å². The molecule has 6 heteroatoms. The zero-order valence-corrected chi connectivity index (χ0v) is 17.8. The summed E-state index contributed by atoms with van der Waals surface area (Å²) in [6.07, 6.45) is 2.70. The summed E-state index contributed by atoms with van der Waals surface area (Å²) in [5, 5.41) is 2.90. The number of ether oxygens (including phenoxy) is 1. The fourth-order valence-electron chi connectivity index (χ4n) is 3.05. The molecule has 152 valence electrons. The second-order valence-electron chi connectivity index (χ2n) is 6.82. The molecule has 2 aromatic rings. The molecule has 0 saturated heterocycles. The Morgan fingerprint density at radius 2 is 2.03 bits per heavy atom. The largest absolute Gasteiger partial charge is 0.382 e. The number of anilines is 1. The van der Waals surface area contributed by atoms with E-state index in [2.05, 4.69) is 5.32 Å². The maximum absolute atomic E-state index is 12.9. The highest BCUT2D eigenvalue weighted by molar-refractivity contribution is 8.04. The molecule has 0 radical (unpaired) electrons. The van der Waals surface area contributed by atoms with Crippen LogP contribution in [0.1, 0.15) is 34.8 Å². The minimum atomic E-state index is -0.142. The molecule has 0 aliphatic carbocycles. The van der Waals surface area contributed by atoms with Crippen LogP contribution < -0.4 is 10.2 Å². The van der Waals surface area contributed by atoms with Crippen molar-refractivity contribution in [3.05, 3.63) is 64.1 Å². The van der Waals surface area contributed by atoms with Gasteiger partial charge in [-0.1, -0.05) is 36.0 Å². The predicted octanol–water partition coefficient (Wildman–Crippen LogP) is 4.26. The summed E-state index contributed by atoms with van der Waals surface area (Å²) >= 11 is 1.44. The molecule has 0 unspecified atom stereocenters. The van der Waals surface area contributed by atoms with Crippen molar-refractivity contribution >= 4 is 35.3 Å². The Balaban J connectivity index is 1.76. The Hall–Kier alpha value is -2.57. The van der Waals surface area contributed by atoms with Crippen molar-refractivity contribution in [2.45, 2.75) is 25.2 Å². The van der Waals surface area contributed by atoms with Crippen molar-refractivity contribution in [1.82, 2.24) is 5.32 Å². The van der Waals surface area contributed by atoms with Gasteiger partial charge in [0.05, 0.1) is 10.6 Å². The molecular weight excluding hydrogens is 384 g/mol. The van der Waals surface area contributed by atoms with E-state index in [1.165, 1.54) is 11.8 Å². The van der Waals surface area contributed by atoms with E-state index in [-0.39, 0.29) is 11.8 Å². The van der Waals surface area contributed by atoms with Crippen molar-refractivity contribution < 1.29 is 14.3 Å². The molecule has 0 atom stereocenters. The van der Waals surface area contributed by atoms with Crippen molar-refractivity contribution in [3.8, 4) is 0 Å². The summed E-state index contributed by atoms with van der Waals surface area (Å²) in [7, 11) is 1.75. The number of carbonyl (C=O) groups excluding carboxylic acids is 2. The smallest absolute Gasteiger partial charge is 0.264 e. The van der Waals surface area contributed by atoms with Gasteiger partial charge >= 0.3 is 0 Å². The van der Waals surface area contributed by atoms with E-state index in [1.807, 2.05) is 50.3 Å². The molecule has 0 spiro atoms. The summed E-state index contributed by atoms with van der Waals surface area (Å²) in [4.78, 5) is 28.5. The first-order valence-corrected chi connectivity index (χ1v) is 10.6. The standard InChI is InChI=1S/C23H26N2O3S/c1-4-28-13-7-12-24-22(26)18-10-11-20-19(14-18)25(3)23(27)21(29-20)15-17-9-6-5-8-16(17)2/h5-6,8-11,14-15H,4,7,12-13H2,1-3H3,(H,24,26)/b21-15-. The normalized spacial score (nSPS) is 14.8. The molecule has 29 heavy (non-hydrogen) atoms. The van der Waals surface area contributed by atoms with Gasteiger partial charge in [0.1, 0.15) is 0 Å². The van der Waals surface area contributed by atoms with Gasteiger partial charge in [0.15, 0.2) is 0 Å². The molecule has 3 rings (SSSR count). The average molecular weight is 411 g/mol. The lowest BCUT2D eigenvalue weighted by atomic mass is 10.1. The second-order valence-corrected chi connectivity index (χ2v) is 7.90. The lowest BCUT2D eigenvalue weighted by Crippen LogP contribution is -2.31. The van der Waals surface area contributed by atoms with E-state index in [0.717, 1.165) is 28.1 Å². The Labute approximate surface area is 176 Å². The zero-order chi connectivity index (χ0) is 20.8. The molecule has 1 N–H and O–H groups in total. The number of nitrogens with zero attached hydrogens (tertiary/aromatic N) is 1. The number of benzene rings is 2. The van der Waals surface area contributed by atoms with Gasteiger partial charge < -0.3 is 15.0 Å². The van der Waals surface area contributed by atoms with Gasteiger partial charge in [-0.25, -0.2) is 0 Å². The van der Waals surface area contributed by atoms with Crippen LogP contribution in [-0.2, 0) is 9.53 Å². The summed E-state index contributed by atoms with van der Waals surface area (Å²) in [5.74, 6) is -0.212. The number of hydrogen-bond acceptors (Lipinski definition) is 4. The van der Waals surface area contributed by atoms with Gasteiger partial charge in [-0.2, -0.15) is 0 Å². The highest BCUT2D eigenvalue weighted by Crippen LogP contribution is 2.42. The highest BCUT2D eigenvalue weighted by Gasteiger charge is 2.27. The maximum Gasteiger partial charge on any atom is 0.264 e. The lowest BCUT2D eigenvalue weighted by Gasteiger charge is -2.27. The molecule has 0 fully saturated rings. The summed E-state index contributed by atoms with van der Waals surface area (Å²) in [6.45, 7) is 5.84. The van der Waals surface area contributed by atoms with Gasteiger partial charge in [-0.15, -0.1) is 0 Å². The van der Waals surface area contributed by atoms with Crippen molar-refractivity contribution in [1.29, 1.82) is 0 Å². The highest BCUT2D eigenvalue weighted by atomic mass is 32.2. The Morgan fingerprint density at radius 1 is 1.24 bits per heavy atom. The van der Waals surface area contributed by atoms with Gasteiger partial charge in [-0.3, -0.25) is 9.59 Å². The van der Waals surface area contributed by atoms with E-state index in [4.69, 9.17) is 4.74 Å². The number of thioether (sulfide) groups is 1. The molecule has 1 heterocycles. The number of likely N-dealkylation sites (N-methyl/N-ethyl adjacent to an activating group) is 1. The molecule has 0 bridgehead atoms. The molecule has 1 aliphatic rings. The van der Waals surface area contributed by atoms with Crippen molar-refractivity contribution in [3.63, 3.8) is 0 Å². The second kappa shape index (κ2) is 9.76. The van der Waals surface area contributed by atoms with Crippen LogP contribution in [0.15, 0.2) is 52.3 Å². The van der Waals surface area contributed by atoms with E-state index in [1.54, 1.807) is 24.1 Å². The van der Waals surface area contributed by atoms with Crippen LogP contribution in [0.5, 0.6) is 0 Å². The van der Waals surface area contributed by atoms with Crippen LogP contribution in [0.4, 0.5) is 5.69 Å². The first kappa shape index (κ1) is 21.1. The van der Waals surface area contributed by atoms with Crippen LogP contribution >= 0.6 is 11.8 Å². The molecular formula is C23H26N2O3S. The zero-order valence-electron chi connectivity index (χ0n) is 17.0. The molecule has 1 aliphatic heterocycles. The fraction of sp³-hybridized carbons (Fsp3) is 0.304. The fourth-order valence-corrected chi connectivity index (χ4v) is 4.13. The Kier molecular flexibility index (Phi) is 7.12. The predicted molar refractivity (Wildman–Crippen MR) is 118 cm³/mol. The van der Waals surface area contributed by atoms with E-state index in [9.17, 15) is 9.59 Å². The molecule has 0 saturated carbocycles. The number of carbonyl (C=O) groups is 2. The minimum absolute atomic E-state index is 0.0694. The van der Waals surface area contributed by atoms with Crippen LogP contribution in [0.25, 0.3) is 6.08 Å². The summed E-state index contributed by atoms with van der Waals surface area (Å²) < 4.78 is 5.28. The van der Waals surface area contributed by atoms with Gasteiger partial charge in [0.2, 0.25) is 0 Å². The first-order valence-electron chi connectivity index (χ1n) is 9.74. The van der Waals surface area contributed by atoms with Crippen LogP contribution in [0.3, 0.4) is 0 Å². The molecule has 2 amide bonds. The van der Waals surface area contributed by atoms with Gasteiger partial charge in [0, 0.05) is 37.3 Å². The minimum Gasteiger partial charge on any atom is -0.382 e. The van der Waals surface area contributed by atoms with Gasteiger partial charge in [0.25, 0.3) is 11.8 Å². The van der Waals surface area contributed by atoms with E-state index in [0.29, 0.717) is 30.2 Å².